The van der Waals surface area contributed by atoms with Crippen LogP contribution in [0, 0.1) is 0 Å². The van der Waals surface area contributed by atoms with Crippen molar-refractivity contribution >= 4 is 35.2 Å². The summed E-state index contributed by atoms with van der Waals surface area (Å²) in [7, 11) is 1.42. The predicted octanol–water partition coefficient (Wildman–Crippen LogP) is 3.44. The van der Waals surface area contributed by atoms with Crippen molar-refractivity contribution in [1.29, 1.82) is 0 Å². The Morgan fingerprint density at radius 3 is 2.48 bits per heavy atom. The maximum atomic E-state index is 13.3. The molecule has 0 spiro atoms. The zero-order chi connectivity index (χ0) is 20.5. The highest BCUT2D eigenvalue weighted by atomic mass is 35.5. The van der Waals surface area contributed by atoms with Crippen molar-refractivity contribution in [1.82, 2.24) is 14.7 Å². The van der Waals surface area contributed by atoms with Gasteiger partial charge in [-0.2, -0.15) is 0 Å². The fraction of sp³-hybridized carbons (Fsp3) is 0.619. The molecular weight excluding hydrogens is 413 g/mol. The normalized spacial score (nSPS) is 27.2. The third-order valence-electron chi connectivity index (χ3n) is 6.55. The van der Waals surface area contributed by atoms with Crippen molar-refractivity contribution in [3.63, 3.8) is 0 Å². The maximum Gasteiger partial charge on any atom is 0.409 e. The lowest BCUT2D eigenvalue weighted by atomic mass is 10.0. The predicted molar refractivity (Wildman–Crippen MR) is 112 cm³/mol. The number of halogens is 2. The second kappa shape index (κ2) is 8.70. The van der Waals surface area contributed by atoms with Crippen LogP contribution >= 0.6 is 23.2 Å². The minimum Gasteiger partial charge on any atom is -0.453 e. The molecule has 4 fully saturated rings. The van der Waals surface area contributed by atoms with E-state index in [1.807, 2.05) is 15.9 Å². The summed E-state index contributed by atoms with van der Waals surface area (Å²) in [5.41, 5.74) is 0.854. The largest absolute Gasteiger partial charge is 0.453 e. The fourth-order valence-electron chi connectivity index (χ4n) is 5.09. The number of amides is 2. The Morgan fingerprint density at radius 2 is 1.79 bits per heavy atom. The quantitative estimate of drug-likeness (QED) is 0.723. The van der Waals surface area contributed by atoms with Crippen LogP contribution in [0.25, 0.3) is 0 Å². The van der Waals surface area contributed by atoms with Crippen molar-refractivity contribution in [2.75, 3.05) is 33.3 Å². The van der Waals surface area contributed by atoms with Gasteiger partial charge in [-0.05, 0) is 56.5 Å². The van der Waals surface area contributed by atoms with Crippen LogP contribution in [0.3, 0.4) is 0 Å². The van der Waals surface area contributed by atoms with E-state index in [1.165, 1.54) is 20.0 Å². The average molecular weight is 440 g/mol. The Bertz CT molecular complexity index is 784. The molecule has 2 amide bonds. The number of carbonyl (C=O) groups is 2. The van der Waals surface area contributed by atoms with Gasteiger partial charge in [0.25, 0.3) is 0 Å². The van der Waals surface area contributed by atoms with Crippen LogP contribution in [-0.2, 0) is 16.0 Å². The molecule has 5 rings (SSSR count). The number of nitrogens with zero attached hydrogens (tertiary/aromatic N) is 3. The lowest BCUT2D eigenvalue weighted by Gasteiger charge is -2.46. The van der Waals surface area contributed by atoms with Crippen LogP contribution in [-0.4, -0.2) is 78.1 Å². The molecule has 6 nitrogen and oxygen atoms in total. The van der Waals surface area contributed by atoms with E-state index in [1.54, 1.807) is 12.1 Å². The van der Waals surface area contributed by atoms with Crippen LogP contribution in [0.4, 0.5) is 4.79 Å². The number of fused-ring (bicyclic) bond motifs is 4. The van der Waals surface area contributed by atoms with E-state index in [-0.39, 0.29) is 36.5 Å². The number of benzene rings is 1. The van der Waals surface area contributed by atoms with Gasteiger partial charge in [-0.3, -0.25) is 9.69 Å². The maximum absolute atomic E-state index is 13.3. The molecule has 158 valence electrons. The molecule has 29 heavy (non-hydrogen) atoms. The first-order chi connectivity index (χ1) is 14.0. The van der Waals surface area contributed by atoms with Crippen molar-refractivity contribution in [2.45, 2.75) is 50.2 Å². The Morgan fingerprint density at radius 1 is 1.03 bits per heavy atom. The molecule has 0 aromatic heterocycles. The summed E-state index contributed by atoms with van der Waals surface area (Å²) in [5.74, 6) is 0.0778. The number of likely N-dealkylation sites (tertiary alicyclic amines) is 1. The minimum atomic E-state index is -0.293. The van der Waals surface area contributed by atoms with Crippen LogP contribution in [0.1, 0.15) is 31.2 Å². The number of hydrogen-bond donors (Lipinski definition) is 0. The first kappa shape index (κ1) is 20.8. The highest BCUT2D eigenvalue weighted by Crippen LogP contribution is 2.33. The number of hydrogen-bond acceptors (Lipinski definition) is 4. The van der Waals surface area contributed by atoms with Gasteiger partial charge in [0, 0.05) is 19.1 Å². The molecular formula is C21H27Cl2N3O3. The van der Waals surface area contributed by atoms with Gasteiger partial charge >= 0.3 is 6.09 Å². The summed E-state index contributed by atoms with van der Waals surface area (Å²) < 4.78 is 5.02. The molecule has 0 saturated carbocycles. The number of carbonyl (C=O) groups excluding carboxylic acids is 2. The Balaban J connectivity index is 1.57. The lowest BCUT2D eigenvalue weighted by molar-refractivity contribution is -0.137. The van der Waals surface area contributed by atoms with Crippen LogP contribution in [0.5, 0.6) is 0 Å². The molecule has 8 heteroatoms. The number of ether oxygens (including phenoxy) is 1. The van der Waals surface area contributed by atoms with Gasteiger partial charge in [0.1, 0.15) is 0 Å². The SMILES string of the molecule is COC(=O)N1CC2[C@@H](N3CCCC3)CCC1CN2C(=O)Cc1ccc(Cl)c(Cl)c1. The second-order valence-electron chi connectivity index (χ2n) is 8.20. The Kier molecular flexibility index (Phi) is 6.23. The molecule has 0 aliphatic carbocycles. The summed E-state index contributed by atoms with van der Waals surface area (Å²) in [6.45, 7) is 3.23. The molecule has 4 aliphatic heterocycles. The fourth-order valence-corrected chi connectivity index (χ4v) is 5.42. The average Bonchev–Trinajstić information content (AvgIpc) is 3.11. The first-order valence-corrected chi connectivity index (χ1v) is 11.1. The molecule has 1 aromatic carbocycles. The number of piperazine rings is 1. The third kappa shape index (κ3) is 4.21. The molecule has 2 bridgehead atoms. The Hall–Kier alpha value is -1.50. The number of methoxy groups -OCH3 is 1. The third-order valence-corrected chi connectivity index (χ3v) is 7.29. The van der Waals surface area contributed by atoms with Gasteiger partial charge in [0.2, 0.25) is 5.91 Å². The summed E-state index contributed by atoms with van der Waals surface area (Å²) in [5, 5.41) is 0.945. The molecule has 2 unspecified atom stereocenters. The van der Waals surface area contributed by atoms with E-state index in [4.69, 9.17) is 27.9 Å². The van der Waals surface area contributed by atoms with Gasteiger partial charge in [-0.1, -0.05) is 29.3 Å². The molecule has 3 atom stereocenters. The van der Waals surface area contributed by atoms with E-state index >= 15 is 0 Å². The summed E-state index contributed by atoms with van der Waals surface area (Å²) in [6.07, 6.45) is 4.28. The van der Waals surface area contributed by atoms with Gasteiger partial charge in [-0.15, -0.1) is 0 Å². The number of rotatable bonds is 3. The summed E-state index contributed by atoms with van der Waals surface area (Å²) >= 11 is 12.1. The molecule has 0 radical (unpaired) electrons. The zero-order valence-corrected chi connectivity index (χ0v) is 18.2. The highest BCUT2D eigenvalue weighted by Gasteiger charge is 2.47. The first-order valence-electron chi connectivity index (χ1n) is 10.3. The highest BCUT2D eigenvalue weighted by molar-refractivity contribution is 6.42. The lowest BCUT2D eigenvalue weighted by Crippen LogP contribution is -2.63. The van der Waals surface area contributed by atoms with Crippen molar-refractivity contribution in [3.8, 4) is 0 Å². The van der Waals surface area contributed by atoms with E-state index in [2.05, 4.69) is 4.90 Å². The van der Waals surface area contributed by atoms with E-state index < -0.39 is 0 Å². The molecule has 4 aliphatic rings. The van der Waals surface area contributed by atoms with Crippen LogP contribution in [0.2, 0.25) is 10.0 Å². The van der Waals surface area contributed by atoms with Crippen LogP contribution in [0.15, 0.2) is 18.2 Å². The molecule has 0 N–H and O–H groups in total. The molecule has 1 aromatic rings. The minimum absolute atomic E-state index is 0.00376. The van der Waals surface area contributed by atoms with E-state index in [0.29, 0.717) is 23.1 Å². The van der Waals surface area contributed by atoms with Gasteiger partial charge < -0.3 is 14.5 Å². The Labute approximate surface area is 181 Å². The standard InChI is InChI=1S/C21H27Cl2N3O3/c1-29-21(28)25-13-19-18(24-8-2-3-9-24)7-5-15(25)12-26(19)20(27)11-14-4-6-16(22)17(23)10-14/h4,6,10,15,18-19H,2-3,5,7-9,11-13H2,1H3/t15?,18-,19?/m0/s1. The summed E-state index contributed by atoms with van der Waals surface area (Å²) in [6, 6.07) is 5.62. The van der Waals surface area contributed by atoms with E-state index in [0.717, 1.165) is 31.5 Å². The molecule has 4 heterocycles. The summed E-state index contributed by atoms with van der Waals surface area (Å²) in [4.78, 5) is 32.0. The second-order valence-corrected chi connectivity index (χ2v) is 9.02. The van der Waals surface area contributed by atoms with Gasteiger partial charge in [-0.25, -0.2) is 4.79 Å². The van der Waals surface area contributed by atoms with Crippen LogP contribution < -0.4 is 0 Å². The van der Waals surface area contributed by atoms with Gasteiger partial charge in [0.05, 0.1) is 35.7 Å². The van der Waals surface area contributed by atoms with Crippen molar-refractivity contribution in [3.05, 3.63) is 33.8 Å². The topological polar surface area (TPSA) is 53.1 Å². The molecule has 4 saturated heterocycles. The monoisotopic (exact) mass is 439 g/mol. The van der Waals surface area contributed by atoms with Gasteiger partial charge in [0.15, 0.2) is 0 Å². The van der Waals surface area contributed by atoms with Crippen molar-refractivity contribution < 1.29 is 14.3 Å². The smallest absolute Gasteiger partial charge is 0.409 e. The van der Waals surface area contributed by atoms with E-state index in [9.17, 15) is 9.59 Å². The zero-order valence-electron chi connectivity index (χ0n) is 16.7. The van der Waals surface area contributed by atoms with Crippen molar-refractivity contribution in [2.24, 2.45) is 0 Å².